The third kappa shape index (κ3) is 15.3. The van der Waals surface area contributed by atoms with Crippen molar-refractivity contribution < 1.29 is 14.3 Å². The molecule has 0 radical (unpaired) electrons. The SMILES string of the molecule is CCCCCCCCCCCCOC(=O)CCC(=O)CC. The van der Waals surface area contributed by atoms with Gasteiger partial charge in [-0.3, -0.25) is 9.59 Å². The van der Waals surface area contributed by atoms with Gasteiger partial charge in [-0.25, -0.2) is 0 Å². The van der Waals surface area contributed by atoms with Crippen LogP contribution in [0.4, 0.5) is 0 Å². The molecule has 0 unspecified atom stereocenters. The third-order valence-electron chi connectivity index (χ3n) is 3.76. The van der Waals surface area contributed by atoms with E-state index in [2.05, 4.69) is 6.92 Å². The summed E-state index contributed by atoms with van der Waals surface area (Å²) in [7, 11) is 0. The van der Waals surface area contributed by atoms with Crippen molar-refractivity contribution >= 4 is 11.8 Å². The van der Waals surface area contributed by atoms with Crippen LogP contribution in [0, 0.1) is 0 Å². The summed E-state index contributed by atoms with van der Waals surface area (Å²) >= 11 is 0. The highest BCUT2D eigenvalue weighted by molar-refractivity contribution is 5.82. The van der Waals surface area contributed by atoms with Gasteiger partial charge < -0.3 is 4.74 Å². The Balaban J connectivity index is 3.18. The fourth-order valence-electron chi connectivity index (χ4n) is 2.27. The average molecular weight is 298 g/mol. The van der Waals surface area contributed by atoms with Crippen LogP contribution in [0.25, 0.3) is 0 Å². The largest absolute Gasteiger partial charge is 0.466 e. The van der Waals surface area contributed by atoms with Gasteiger partial charge in [0.1, 0.15) is 5.78 Å². The fraction of sp³-hybridized carbons (Fsp3) is 0.889. The van der Waals surface area contributed by atoms with Crippen LogP contribution < -0.4 is 0 Å². The van der Waals surface area contributed by atoms with E-state index >= 15 is 0 Å². The Kier molecular flexibility index (Phi) is 14.9. The molecule has 3 nitrogen and oxygen atoms in total. The minimum atomic E-state index is -0.229. The summed E-state index contributed by atoms with van der Waals surface area (Å²) in [6, 6.07) is 0. The first-order chi connectivity index (χ1) is 10.2. The first-order valence-corrected chi connectivity index (χ1v) is 8.88. The third-order valence-corrected chi connectivity index (χ3v) is 3.76. The molecule has 0 aliphatic heterocycles. The molecule has 0 aromatic heterocycles. The summed E-state index contributed by atoms with van der Waals surface area (Å²) in [5, 5.41) is 0. The summed E-state index contributed by atoms with van der Waals surface area (Å²) in [4.78, 5) is 22.4. The lowest BCUT2D eigenvalue weighted by Crippen LogP contribution is -2.08. The maximum atomic E-state index is 11.3. The number of hydrogen-bond donors (Lipinski definition) is 0. The van der Waals surface area contributed by atoms with E-state index in [1.807, 2.05) is 6.92 Å². The molecule has 0 aliphatic carbocycles. The molecule has 21 heavy (non-hydrogen) atoms. The second-order valence-corrected chi connectivity index (χ2v) is 5.79. The van der Waals surface area contributed by atoms with Crippen molar-refractivity contribution in [3.8, 4) is 0 Å². The van der Waals surface area contributed by atoms with Crippen molar-refractivity contribution in [3.63, 3.8) is 0 Å². The van der Waals surface area contributed by atoms with Gasteiger partial charge in [-0.2, -0.15) is 0 Å². The number of hydrogen-bond acceptors (Lipinski definition) is 3. The monoisotopic (exact) mass is 298 g/mol. The van der Waals surface area contributed by atoms with Crippen molar-refractivity contribution in [1.82, 2.24) is 0 Å². The predicted molar refractivity (Wildman–Crippen MR) is 87.3 cm³/mol. The van der Waals surface area contributed by atoms with E-state index in [4.69, 9.17) is 4.74 Å². The lowest BCUT2D eigenvalue weighted by molar-refractivity contribution is -0.144. The van der Waals surface area contributed by atoms with Gasteiger partial charge in [-0.05, 0) is 6.42 Å². The minimum absolute atomic E-state index is 0.130. The molecule has 3 heteroatoms. The summed E-state index contributed by atoms with van der Waals surface area (Å²) in [5.74, 6) is -0.0985. The summed E-state index contributed by atoms with van der Waals surface area (Å²) in [6.07, 6.45) is 13.8. The average Bonchev–Trinajstić information content (AvgIpc) is 2.50. The van der Waals surface area contributed by atoms with Gasteiger partial charge in [0.05, 0.1) is 13.0 Å². The molecule has 0 saturated carbocycles. The zero-order valence-electron chi connectivity index (χ0n) is 14.1. The highest BCUT2D eigenvalue weighted by Crippen LogP contribution is 2.10. The molecule has 0 amide bonds. The number of unbranched alkanes of at least 4 members (excludes halogenated alkanes) is 9. The Morgan fingerprint density at radius 3 is 1.76 bits per heavy atom. The quantitative estimate of drug-likeness (QED) is 0.308. The Hall–Kier alpha value is -0.860. The molecule has 0 saturated heterocycles. The number of rotatable bonds is 15. The molecule has 124 valence electrons. The number of esters is 1. The number of Topliss-reactive ketones (excluding diaryl/α,β-unsaturated/α-hetero) is 1. The predicted octanol–water partition coefficient (Wildman–Crippen LogP) is 5.21. The van der Waals surface area contributed by atoms with Gasteiger partial charge >= 0.3 is 5.97 Å². The Bertz CT molecular complexity index is 261. The number of ether oxygens (including phenoxy) is 1. The van der Waals surface area contributed by atoms with E-state index in [9.17, 15) is 9.59 Å². The molecule has 0 rings (SSSR count). The number of carbonyl (C=O) groups is 2. The van der Waals surface area contributed by atoms with Gasteiger partial charge in [-0.15, -0.1) is 0 Å². The van der Waals surface area contributed by atoms with E-state index < -0.39 is 0 Å². The zero-order chi connectivity index (χ0) is 15.8. The van der Waals surface area contributed by atoms with Crippen molar-refractivity contribution in [2.24, 2.45) is 0 Å². The summed E-state index contributed by atoms with van der Waals surface area (Å²) in [5.41, 5.74) is 0. The van der Waals surface area contributed by atoms with Crippen molar-refractivity contribution in [1.29, 1.82) is 0 Å². The van der Waals surface area contributed by atoms with Crippen molar-refractivity contribution in [2.45, 2.75) is 97.3 Å². The Morgan fingerprint density at radius 2 is 1.24 bits per heavy atom. The van der Waals surface area contributed by atoms with Crippen LogP contribution >= 0.6 is 0 Å². The highest BCUT2D eigenvalue weighted by Gasteiger charge is 2.06. The second kappa shape index (κ2) is 15.5. The highest BCUT2D eigenvalue weighted by atomic mass is 16.5. The van der Waals surface area contributed by atoms with E-state index in [1.165, 1.54) is 51.4 Å². The maximum Gasteiger partial charge on any atom is 0.306 e. The van der Waals surface area contributed by atoms with Crippen molar-refractivity contribution in [3.05, 3.63) is 0 Å². The lowest BCUT2D eigenvalue weighted by atomic mass is 10.1. The number of carbonyl (C=O) groups excluding carboxylic acids is 2. The van der Waals surface area contributed by atoms with E-state index in [1.54, 1.807) is 0 Å². The van der Waals surface area contributed by atoms with Gasteiger partial charge in [0.25, 0.3) is 0 Å². The van der Waals surface area contributed by atoms with E-state index in [-0.39, 0.29) is 18.2 Å². The summed E-state index contributed by atoms with van der Waals surface area (Å²) < 4.78 is 5.12. The first-order valence-electron chi connectivity index (χ1n) is 8.88. The molecule has 0 N–H and O–H groups in total. The topological polar surface area (TPSA) is 43.4 Å². The smallest absolute Gasteiger partial charge is 0.306 e. The Morgan fingerprint density at radius 1 is 0.714 bits per heavy atom. The van der Waals surface area contributed by atoms with Crippen molar-refractivity contribution in [2.75, 3.05) is 6.61 Å². The molecule has 0 bridgehead atoms. The van der Waals surface area contributed by atoms with Gasteiger partial charge in [0, 0.05) is 12.8 Å². The zero-order valence-corrected chi connectivity index (χ0v) is 14.1. The molecule has 0 atom stereocenters. The molecule has 0 heterocycles. The summed E-state index contributed by atoms with van der Waals surface area (Å²) in [6.45, 7) is 4.57. The normalized spacial score (nSPS) is 10.6. The molecule has 0 spiro atoms. The van der Waals surface area contributed by atoms with E-state index in [0.29, 0.717) is 19.4 Å². The fourth-order valence-corrected chi connectivity index (χ4v) is 2.27. The minimum Gasteiger partial charge on any atom is -0.466 e. The maximum absolute atomic E-state index is 11.3. The van der Waals surface area contributed by atoms with Crippen LogP contribution in [0.1, 0.15) is 97.3 Å². The van der Waals surface area contributed by atoms with Crippen LogP contribution in [0.5, 0.6) is 0 Å². The van der Waals surface area contributed by atoms with Crippen LogP contribution in [-0.4, -0.2) is 18.4 Å². The van der Waals surface area contributed by atoms with Crippen LogP contribution in [0.2, 0.25) is 0 Å². The molecule has 0 fully saturated rings. The molecular formula is C18H34O3. The molecule has 0 aromatic carbocycles. The molecular weight excluding hydrogens is 264 g/mol. The van der Waals surface area contributed by atoms with E-state index in [0.717, 1.165) is 12.8 Å². The van der Waals surface area contributed by atoms with Crippen LogP contribution in [0.3, 0.4) is 0 Å². The molecule has 0 aromatic rings. The number of ketones is 1. The molecule has 0 aliphatic rings. The standard InChI is InChI=1S/C18H34O3/c1-3-5-6-7-8-9-10-11-12-13-16-21-18(20)15-14-17(19)4-2/h3-16H2,1-2H3. The van der Waals surface area contributed by atoms with Crippen LogP contribution in [0.15, 0.2) is 0 Å². The Labute approximate surface area is 130 Å². The van der Waals surface area contributed by atoms with Gasteiger partial charge in [0.2, 0.25) is 0 Å². The second-order valence-electron chi connectivity index (χ2n) is 5.79. The first kappa shape index (κ1) is 20.1. The van der Waals surface area contributed by atoms with Gasteiger partial charge in [0.15, 0.2) is 0 Å². The van der Waals surface area contributed by atoms with Gasteiger partial charge in [-0.1, -0.05) is 71.6 Å². The van der Waals surface area contributed by atoms with Crippen LogP contribution in [-0.2, 0) is 14.3 Å². The lowest BCUT2D eigenvalue weighted by Gasteiger charge is -2.05.